The molecule has 0 aromatic heterocycles. The maximum Gasteiger partial charge on any atom is 0.334 e. The Morgan fingerprint density at radius 3 is 2.46 bits per heavy atom. The zero-order valence-electron chi connectivity index (χ0n) is 14.2. The van der Waals surface area contributed by atoms with Gasteiger partial charge in [-0.3, -0.25) is 10.2 Å². The Kier molecular flexibility index (Phi) is 5.43. The molecule has 1 aliphatic heterocycles. The Hall–Kier alpha value is -3.41. The zero-order chi connectivity index (χ0) is 18.4. The van der Waals surface area contributed by atoms with Crippen LogP contribution < -0.4 is 5.43 Å². The van der Waals surface area contributed by atoms with E-state index in [-0.39, 0.29) is 5.78 Å². The average molecular weight is 350 g/mol. The molecule has 0 fully saturated rings. The lowest BCUT2D eigenvalue weighted by Crippen LogP contribution is -2.47. The number of hydrogen-bond acceptors (Lipinski definition) is 6. The zero-order valence-corrected chi connectivity index (χ0v) is 14.2. The van der Waals surface area contributed by atoms with Crippen LogP contribution in [0, 0.1) is 0 Å². The normalized spacial score (nSPS) is 17.5. The number of hydrazone groups is 1. The molecule has 6 nitrogen and oxygen atoms in total. The summed E-state index contributed by atoms with van der Waals surface area (Å²) in [5, 5.41) is 4.06. The molecule has 6 heteroatoms. The molecule has 2 aromatic rings. The van der Waals surface area contributed by atoms with Crippen LogP contribution in [0.3, 0.4) is 0 Å². The van der Waals surface area contributed by atoms with E-state index >= 15 is 0 Å². The third kappa shape index (κ3) is 3.97. The van der Waals surface area contributed by atoms with Gasteiger partial charge in [-0.2, -0.15) is 5.10 Å². The Balaban J connectivity index is 1.73. The summed E-state index contributed by atoms with van der Waals surface area (Å²) in [5.74, 6) is -0.527. The van der Waals surface area contributed by atoms with Crippen LogP contribution in [0.1, 0.15) is 11.1 Å². The maximum absolute atomic E-state index is 12.4. The predicted octanol–water partition coefficient (Wildman–Crippen LogP) is 2.16. The summed E-state index contributed by atoms with van der Waals surface area (Å²) < 4.78 is 10.5. The number of esters is 1. The SMILES string of the molecule is COC(=O)C(N/N=C/c1ccccc1)C1OC(c2ccccc2)=CC1=O. The molecule has 26 heavy (non-hydrogen) atoms. The van der Waals surface area contributed by atoms with Gasteiger partial charge in [-0.25, -0.2) is 4.79 Å². The lowest BCUT2D eigenvalue weighted by molar-refractivity contribution is -0.148. The summed E-state index contributed by atoms with van der Waals surface area (Å²) in [6.45, 7) is 0. The molecule has 3 rings (SSSR count). The van der Waals surface area contributed by atoms with Crippen molar-refractivity contribution in [1.82, 2.24) is 5.43 Å². The highest BCUT2D eigenvalue weighted by Crippen LogP contribution is 2.26. The van der Waals surface area contributed by atoms with Crippen molar-refractivity contribution >= 4 is 23.7 Å². The minimum Gasteiger partial charge on any atom is -0.479 e. The Labute approximate surface area is 151 Å². The van der Waals surface area contributed by atoms with Gasteiger partial charge in [0.15, 0.2) is 12.1 Å². The minimum absolute atomic E-state index is 0.318. The van der Waals surface area contributed by atoms with Crippen LogP contribution >= 0.6 is 0 Å². The van der Waals surface area contributed by atoms with Crippen LogP contribution in [0.25, 0.3) is 5.76 Å². The van der Waals surface area contributed by atoms with Gasteiger partial charge in [0.25, 0.3) is 0 Å². The van der Waals surface area contributed by atoms with Gasteiger partial charge < -0.3 is 9.47 Å². The van der Waals surface area contributed by atoms with E-state index in [9.17, 15) is 9.59 Å². The first-order chi connectivity index (χ1) is 12.7. The first-order valence-electron chi connectivity index (χ1n) is 8.08. The summed E-state index contributed by atoms with van der Waals surface area (Å²) in [6, 6.07) is 17.5. The molecule has 0 amide bonds. The maximum atomic E-state index is 12.4. The lowest BCUT2D eigenvalue weighted by Gasteiger charge is -2.20. The number of ether oxygens (including phenoxy) is 2. The highest BCUT2D eigenvalue weighted by Gasteiger charge is 2.40. The van der Waals surface area contributed by atoms with Crippen molar-refractivity contribution < 1.29 is 19.1 Å². The van der Waals surface area contributed by atoms with E-state index in [1.54, 1.807) is 6.21 Å². The number of methoxy groups -OCH3 is 1. The highest BCUT2D eigenvalue weighted by atomic mass is 16.5. The molecular formula is C20H18N2O4. The fraction of sp³-hybridized carbons (Fsp3) is 0.150. The number of nitrogens with zero attached hydrogens (tertiary/aromatic N) is 1. The van der Waals surface area contributed by atoms with E-state index in [4.69, 9.17) is 9.47 Å². The quantitative estimate of drug-likeness (QED) is 0.491. The van der Waals surface area contributed by atoms with Crippen LogP contribution in [0.5, 0.6) is 0 Å². The number of hydrogen-bond donors (Lipinski definition) is 1. The van der Waals surface area contributed by atoms with Gasteiger partial charge in [-0.1, -0.05) is 60.7 Å². The van der Waals surface area contributed by atoms with Crippen LogP contribution in [0.4, 0.5) is 0 Å². The Morgan fingerprint density at radius 2 is 1.81 bits per heavy atom. The van der Waals surface area contributed by atoms with Crippen molar-refractivity contribution in [3.8, 4) is 0 Å². The van der Waals surface area contributed by atoms with Crippen molar-refractivity contribution in [3.63, 3.8) is 0 Å². The molecule has 2 unspecified atom stereocenters. The molecule has 0 bridgehead atoms. The van der Waals surface area contributed by atoms with E-state index in [2.05, 4.69) is 10.5 Å². The van der Waals surface area contributed by atoms with E-state index in [1.807, 2.05) is 60.7 Å². The summed E-state index contributed by atoms with van der Waals surface area (Å²) >= 11 is 0. The van der Waals surface area contributed by atoms with Gasteiger partial charge in [0, 0.05) is 11.6 Å². The molecule has 1 heterocycles. The van der Waals surface area contributed by atoms with E-state index in [0.29, 0.717) is 5.76 Å². The molecule has 0 spiro atoms. The number of benzene rings is 2. The lowest BCUT2D eigenvalue weighted by atomic mass is 10.1. The standard InChI is InChI=1S/C20H18N2O4/c1-25-20(24)18(22-21-13-14-8-4-2-5-9-14)19-16(23)12-17(26-19)15-10-6-3-7-11-15/h2-13,18-19,22H,1H3/b21-13+. The van der Waals surface area contributed by atoms with Crippen molar-refractivity contribution in [1.29, 1.82) is 0 Å². The van der Waals surface area contributed by atoms with Gasteiger partial charge >= 0.3 is 5.97 Å². The van der Waals surface area contributed by atoms with Gasteiger partial charge in [0.05, 0.1) is 13.3 Å². The molecule has 132 valence electrons. The molecule has 0 saturated carbocycles. The minimum atomic E-state index is -1.05. The van der Waals surface area contributed by atoms with Crippen molar-refractivity contribution in [3.05, 3.63) is 77.9 Å². The summed E-state index contributed by atoms with van der Waals surface area (Å²) in [5.41, 5.74) is 4.29. The monoisotopic (exact) mass is 350 g/mol. The van der Waals surface area contributed by atoms with Crippen LogP contribution in [0.15, 0.2) is 71.8 Å². The number of ketones is 1. The van der Waals surface area contributed by atoms with Gasteiger partial charge in [-0.05, 0) is 5.56 Å². The van der Waals surface area contributed by atoms with E-state index in [1.165, 1.54) is 13.2 Å². The molecule has 2 atom stereocenters. The second-order valence-corrected chi connectivity index (χ2v) is 5.61. The average Bonchev–Trinajstić information content (AvgIpc) is 3.07. The van der Waals surface area contributed by atoms with Crippen LogP contribution in [-0.4, -0.2) is 37.2 Å². The second kappa shape index (κ2) is 8.11. The first-order valence-corrected chi connectivity index (χ1v) is 8.08. The Bertz CT molecular complexity index is 831. The van der Waals surface area contributed by atoms with Crippen LogP contribution in [0.2, 0.25) is 0 Å². The van der Waals surface area contributed by atoms with Crippen molar-refractivity contribution in [2.24, 2.45) is 5.10 Å². The third-order valence-corrected chi connectivity index (χ3v) is 3.85. The van der Waals surface area contributed by atoms with Gasteiger partial charge in [0.1, 0.15) is 5.76 Å². The summed E-state index contributed by atoms with van der Waals surface area (Å²) in [7, 11) is 1.25. The van der Waals surface area contributed by atoms with E-state index < -0.39 is 18.1 Å². The van der Waals surface area contributed by atoms with E-state index in [0.717, 1.165) is 11.1 Å². The van der Waals surface area contributed by atoms with Crippen molar-refractivity contribution in [2.45, 2.75) is 12.1 Å². The molecule has 0 aliphatic carbocycles. The third-order valence-electron chi connectivity index (χ3n) is 3.85. The van der Waals surface area contributed by atoms with Gasteiger partial charge in [-0.15, -0.1) is 0 Å². The second-order valence-electron chi connectivity index (χ2n) is 5.61. The first kappa shape index (κ1) is 17.4. The number of carbonyl (C=O) groups is 2. The number of rotatable bonds is 6. The smallest absolute Gasteiger partial charge is 0.334 e. The summed E-state index contributed by atoms with van der Waals surface area (Å²) in [4.78, 5) is 24.5. The fourth-order valence-corrected chi connectivity index (χ4v) is 2.53. The summed E-state index contributed by atoms with van der Waals surface area (Å²) in [6.07, 6.45) is 1.91. The Morgan fingerprint density at radius 1 is 1.15 bits per heavy atom. The molecular weight excluding hydrogens is 332 g/mol. The highest BCUT2D eigenvalue weighted by molar-refractivity contribution is 6.05. The molecule has 1 N–H and O–H groups in total. The number of nitrogens with one attached hydrogen (secondary N) is 1. The van der Waals surface area contributed by atoms with Crippen molar-refractivity contribution in [2.75, 3.05) is 7.11 Å². The van der Waals surface area contributed by atoms with Crippen LogP contribution in [-0.2, 0) is 19.1 Å². The molecule has 1 aliphatic rings. The largest absolute Gasteiger partial charge is 0.479 e. The molecule has 0 radical (unpaired) electrons. The fourth-order valence-electron chi connectivity index (χ4n) is 2.53. The molecule has 0 saturated heterocycles. The number of carbonyl (C=O) groups excluding carboxylic acids is 2. The molecule has 2 aromatic carbocycles. The predicted molar refractivity (Wildman–Crippen MR) is 97.3 cm³/mol. The topological polar surface area (TPSA) is 77.0 Å². The van der Waals surface area contributed by atoms with Gasteiger partial charge in [0.2, 0.25) is 5.78 Å².